The predicted molar refractivity (Wildman–Crippen MR) is 64.3 cm³/mol. The van der Waals surface area contributed by atoms with Crippen LogP contribution in [0, 0.1) is 0 Å². The predicted octanol–water partition coefficient (Wildman–Crippen LogP) is 1.37. The third-order valence-corrected chi connectivity index (χ3v) is 2.74. The molecule has 90 valence electrons. The molecule has 1 aromatic rings. The van der Waals surface area contributed by atoms with Crippen LogP contribution >= 0.6 is 0 Å². The quantitative estimate of drug-likeness (QED) is 0.797. The summed E-state index contributed by atoms with van der Waals surface area (Å²) in [5, 5.41) is 1.76. The monoisotopic (exact) mass is 233 g/mol. The zero-order chi connectivity index (χ0) is 12.4. The number of para-hydroxylation sites is 1. The molecule has 1 heterocycles. The molecular weight excluding hydrogens is 218 g/mol. The van der Waals surface area contributed by atoms with Crippen LogP contribution in [0.5, 0.6) is 0 Å². The zero-order valence-corrected chi connectivity index (χ0v) is 9.88. The smallest absolute Gasteiger partial charge is 0.282 e. The lowest BCUT2D eigenvalue weighted by Crippen LogP contribution is -2.63. The van der Waals surface area contributed by atoms with Gasteiger partial charge in [-0.3, -0.25) is 14.7 Å². The van der Waals surface area contributed by atoms with Gasteiger partial charge in [0.05, 0.1) is 18.3 Å². The summed E-state index contributed by atoms with van der Waals surface area (Å²) in [6, 6.07) is 9.04. The van der Waals surface area contributed by atoms with E-state index < -0.39 is 0 Å². The standard InChI is InChI=1S/C12H15N3O2/c1-9-8-14(11-6-4-3-5-7-11)13-12(17)15(9)10(2)16/h3-7,9H,8H2,1-2H3,(H,13,17). The van der Waals surface area contributed by atoms with Crippen molar-refractivity contribution in [1.29, 1.82) is 0 Å². The van der Waals surface area contributed by atoms with E-state index in [0.29, 0.717) is 6.54 Å². The summed E-state index contributed by atoms with van der Waals surface area (Å²) in [6.45, 7) is 3.83. The second-order valence-electron chi connectivity index (χ2n) is 4.10. The molecule has 2 rings (SSSR count). The SMILES string of the molecule is CC(=O)N1C(=O)NN(c2ccccc2)CC1C. The number of hydrogen-bond acceptors (Lipinski definition) is 3. The molecule has 17 heavy (non-hydrogen) atoms. The van der Waals surface area contributed by atoms with Gasteiger partial charge in [0.15, 0.2) is 0 Å². The van der Waals surface area contributed by atoms with Crippen LogP contribution < -0.4 is 10.4 Å². The van der Waals surface area contributed by atoms with Crippen molar-refractivity contribution in [2.75, 3.05) is 11.6 Å². The number of nitrogens with one attached hydrogen (secondary N) is 1. The maximum atomic E-state index is 11.8. The van der Waals surface area contributed by atoms with Crippen molar-refractivity contribution in [1.82, 2.24) is 10.3 Å². The number of carbonyl (C=O) groups excluding carboxylic acids is 2. The minimum absolute atomic E-state index is 0.138. The third-order valence-electron chi connectivity index (χ3n) is 2.74. The number of anilines is 1. The maximum absolute atomic E-state index is 11.8. The fourth-order valence-corrected chi connectivity index (χ4v) is 1.99. The van der Waals surface area contributed by atoms with Crippen molar-refractivity contribution >= 4 is 17.6 Å². The first-order valence-corrected chi connectivity index (χ1v) is 5.52. The second kappa shape index (κ2) is 4.45. The van der Waals surface area contributed by atoms with Crippen LogP contribution in [0.1, 0.15) is 13.8 Å². The maximum Gasteiger partial charge on any atom is 0.343 e. The van der Waals surface area contributed by atoms with Crippen LogP contribution in [0.2, 0.25) is 0 Å². The van der Waals surface area contributed by atoms with Crippen LogP contribution in [-0.4, -0.2) is 29.4 Å². The average molecular weight is 233 g/mol. The van der Waals surface area contributed by atoms with Crippen molar-refractivity contribution in [2.45, 2.75) is 19.9 Å². The highest BCUT2D eigenvalue weighted by Gasteiger charge is 2.32. The van der Waals surface area contributed by atoms with E-state index in [1.165, 1.54) is 11.8 Å². The van der Waals surface area contributed by atoms with Crippen LogP contribution in [0.15, 0.2) is 30.3 Å². The van der Waals surface area contributed by atoms with Gasteiger partial charge in [0.25, 0.3) is 0 Å². The van der Waals surface area contributed by atoms with E-state index >= 15 is 0 Å². The van der Waals surface area contributed by atoms with Gasteiger partial charge >= 0.3 is 6.03 Å². The number of hydrazine groups is 1. The number of imide groups is 1. The van der Waals surface area contributed by atoms with Crippen LogP contribution in [-0.2, 0) is 4.79 Å². The molecule has 0 saturated carbocycles. The van der Waals surface area contributed by atoms with Gasteiger partial charge in [-0.05, 0) is 19.1 Å². The van der Waals surface area contributed by atoms with Gasteiger partial charge in [-0.15, -0.1) is 0 Å². The molecule has 1 unspecified atom stereocenters. The molecule has 0 aromatic heterocycles. The first kappa shape index (κ1) is 11.4. The van der Waals surface area contributed by atoms with Gasteiger partial charge in [0.1, 0.15) is 0 Å². The van der Waals surface area contributed by atoms with E-state index in [0.717, 1.165) is 5.69 Å². The Hall–Kier alpha value is -2.04. The van der Waals surface area contributed by atoms with Crippen molar-refractivity contribution in [2.24, 2.45) is 0 Å². The van der Waals surface area contributed by atoms with Crippen molar-refractivity contribution in [3.63, 3.8) is 0 Å². The first-order valence-electron chi connectivity index (χ1n) is 5.52. The van der Waals surface area contributed by atoms with Gasteiger partial charge < -0.3 is 0 Å². The molecule has 5 nitrogen and oxygen atoms in total. The van der Waals surface area contributed by atoms with E-state index in [9.17, 15) is 9.59 Å². The summed E-state index contributed by atoms with van der Waals surface area (Å²) in [5.41, 5.74) is 3.61. The van der Waals surface area contributed by atoms with Gasteiger partial charge in [0.2, 0.25) is 5.91 Å². The number of rotatable bonds is 1. The van der Waals surface area contributed by atoms with Gasteiger partial charge in [-0.1, -0.05) is 18.2 Å². The Labute approximate surface area is 100.0 Å². The molecule has 0 radical (unpaired) electrons. The Morgan fingerprint density at radius 3 is 2.53 bits per heavy atom. The Morgan fingerprint density at radius 2 is 2.00 bits per heavy atom. The number of nitrogens with zero attached hydrogens (tertiary/aromatic N) is 2. The Bertz CT molecular complexity index is 433. The van der Waals surface area contributed by atoms with E-state index in [2.05, 4.69) is 5.43 Å². The highest BCUT2D eigenvalue weighted by atomic mass is 16.2. The molecule has 0 spiro atoms. The minimum Gasteiger partial charge on any atom is -0.282 e. The Balaban J connectivity index is 2.17. The molecule has 1 aliphatic heterocycles. The van der Waals surface area contributed by atoms with Crippen LogP contribution in [0.25, 0.3) is 0 Å². The van der Waals surface area contributed by atoms with Crippen LogP contribution in [0.4, 0.5) is 10.5 Å². The number of hydrogen-bond donors (Lipinski definition) is 1. The zero-order valence-electron chi connectivity index (χ0n) is 9.88. The van der Waals surface area contributed by atoms with Gasteiger partial charge in [-0.25, -0.2) is 10.2 Å². The molecule has 1 atom stereocenters. The second-order valence-corrected chi connectivity index (χ2v) is 4.10. The fourth-order valence-electron chi connectivity index (χ4n) is 1.99. The number of urea groups is 1. The summed E-state index contributed by atoms with van der Waals surface area (Å²) in [6.07, 6.45) is 0. The molecule has 0 bridgehead atoms. The van der Waals surface area contributed by atoms with Crippen molar-refractivity contribution in [3.05, 3.63) is 30.3 Å². The normalized spacial score (nSPS) is 20.1. The lowest BCUT2D eigenvalue weighted by atomic mass is 10.2. The minimum atomic E-state index is -0.375. The summed E-state index contributed by atoms with van der Waals surface area (Å²) < 4.78 is 0. The number of amides is 3. The van der Waals surface area contributed by atoms with Gasteiger partial charge in [-0.2, -0.15) is 0 Å². The summed E-state index contributed by atoms with van der Waals surface area (Å²) in [5.74, 6) is -0.234. The molecule has 1 aliphatic rings. The van der Waals surface area contributed by atoms with E-state index in [4.69, 9.17) is 0 Å². The average Bonchev–Trinajstić information content (AvgIpc) is 2.28. The molecule has 1 N–H and O–H groups in total. The van der Waals surface area contributed by atoms with Crippen molar-refractivity contribution < 1.29 is 9.59 Å². The Kier molecular flexibility index (Phi) is 2.99. The van der Waals surface area contributed by atoms with Crippen LogP contribution in [0.3, 0.4) is 0 Å². The summed E-state index contributed by atoms with van der Waals surface area (Å²) in [7, 11) is 0. The molecule has 1 fully saturated rings. The first-order chi connectivity index (χ1) is 8.09. The third kappa shape index (κ3) is 2.22. The fraction of sp³-hybridized carbons (Fsp3) is 0.333. The van der Waals surface area contributed by atoms with E-state index in [1.54, 1.807) is 5.01 Å². The largest absolute Gasteiger partial charge is 0.343 e. The molecule has 5 heteroatoms. The topological polar surface area (TPSA) is 52.7 Å². The molecule has 1 aromatic carbocycles. The summed E-state index contributed by atoms with van der Waals surface area (Å²) >= 11 is 0. The molecule has 3 amide bonds. The number of benzene rings is 1. The molecular formula is C12H15N3O2. The lowest BCUT2D eigenvalue weighted by Gasteiger charge is -2.39. The van der Waals surface area contributed by atoms with Gasteiger partial charge in [0, 0.05) is 6.92 Å². The highest BCUT2D eigenvalue weighted by molar-refractivity contribution is 5.95. The number of carbonyl (C=O) groups is 2. The lowest BCUT2D eigenvalue weighted by molar-refractivity contribution is -0.127. The Morgan fingerprint density at radius 1 is 1.35 bits per heavy atom. The molecule has 0 aliphatic carbocycles. The van der Waals surface area contributed by atoms with E-state index in [1.807, 2.05) is 37.3 Å². The summed E-state index contributed by atoms with van der Waals surface area (Å²) in [4.78, 5) is 24.3. The molecule has 1 saturated heterocycles. The van der Waals surface area contributed by atoms with Crippen molar-refractivity contribution in [3.8, 4) is 0 Å². The van der Waals surface area contributed by atoms with E-state index in [-0.39, 0.29) is 18.0 Å². The highest BCUT2D eigenvalue weighted by Crippen LogP contribution is 2.16.